The molecule has 0 radical (unpaired) electrons. The van der Waals surface area contributed by atoms with Crippen molar-refractivity contribution in [2.45, 2.75) is 19.4 Å². The zero-order valence-corrected chi connectivity index (χ0v) is 11.2. The molecule has 3 N–H and O–H groups in total. The van der Waals surface area contributed by atoms with E-state index in [1.165, 1.54) is 6.07 Å². The van der Waals surface area contributed by atoms with Crippen molar-refractivity contribution in [1.82, 2.24) is 0 Å². The second-order valence-electron chi connectivity index (χ2n) is 4.51. The van der Waals surface area contributed by atoms with Gasteiger partial charge in [-0.25, -0.2) is 0 Å². The second kappa shape index (κ2) is 6.21. The van der Waals surface area contributed by atoms with Crippen LogP contribution in [0.4, 0.5) is 5.69 Å². The van der Waals surface area contributed by atoms with Crippen molar-refractivity contribution >= 4 is 11.6 Å². The van der Waals surface area contributed by atoms with Crippen molar-refractivity contribution in [3.63, 3.8) is 0 Å². The number of aliphatic hydroxyl groups is 1. The van der Waals surface area contributed by atoms with Crippen LogP contribution in [0.2, 0.25) is 0 Å². The summed E-state index contributed by atoms with van der Waals surface area (Å²) in [5.41, 5.74) is 1.81. The summed E-state index contributed by atoms with van der Waals surface area (Å²) in [6.07, 6.45) is -0.467. The summed E-state index contributed by atoms with van der Waals surface area (Å²) in [4.78, 5) is 12.0. The van der Waals surface area contributed by atoms with Crippen molar-refractivity contribution in [1.29, 1.82) is 0 Å². The minimum atomic E-state index is -1.26. The Morgan fingerprint density at radius 3 is 2.55 bits per heavy atom. The molecule has 2 aromatic rings. The van der Waals surface area contributed by atoms with E-state index in [1.807, 2.05) is 13.0 Å². The molecular weight excluding hydrogens is 254 g/mol. The topological polar surface area (TPSA) is 69.6 Å². The number of aryl methyl sites for hydroxylation is 1. The summed E-state index contributed by atoms with van der Waals surface area (Å²) in [6.45, 7) is 1.98. The minimum Gasteiger partial charge on any atom is -0.506 e. The Morgan fingerprint density at radius 1 is 1.20 bits per heavy atom. The fraction of sp³-hybridized carbons (Fsp3) is 0.188. The molecule has 0 fully saturated rings. The highest BCUT2D eigenvalue weighted by Gasteiger charge is 2.18. The summed E-state index contributed by atoms with van der Waals surface area (Å²) in [5.74, 6) is -0.587. The maximum atomic E-state index is 12.0. The van der Waals surface area contributed by atoms with E-state index in [0.717, 1.165) is 12.0 Å². The first kappa shape index (κ1) is 14.1. The molecule has 0 saturated carbocycles. The lowest BCUT2D eigenvalue weighted by Gasteiger charge is -2.13. The summed E-state index contributed by atoms with van der Waals surface area (Å²) in [6, 6.07) is 13.7. The predicted octanol–water partition coefficient (Wildman–Crippen LogP) is 2.63. The first-order valence-electron chi connectivity index (χ1n) is 6.47. The van der Waals surface area contributed by atoms with Gasteiger partial charge in [0.1, 0.15) is 5.75 Å². The first-order chi connectivity index (χ1) is 9.61. The third-order valence-corrected chi connectivity index (χ3v) is 3.09. The van der Waals surface area contributed by atoms with E-state index >= 15 is 0 Å². The maximum Gasteiger partial charge on any atom is 0.257 e. The van der Waals surface area contributed by atoms with Crippen LogP contribution in [0.3, 0.4) is 0 Å². The largest absolute Gasteiger partial charge is 0.506 e. The van der Waals surface area contributed by atoms with Crippen LogP contribution in [-0.2, 0) is 11.2 Å². The van der Waals surface area contributed by atoms with Crippen molar-refractivity contribution in [2.75, 3.05) is 5.32 Å². The monoisotopic (exact) mass is 271 g/mol. The fourth-order valence-corrected chi connectivity index (χ4v) is 1.89. The highest BCUT2D eigenvalue weighted by atomic mass is 16.3. The molecule has 0 bridgehead atoms. The zero-order chi connectivity index (χ0) is 14.5. The molecule has 0 aliphatic heterocycles. The molecule has 1 unspecified atom stereocenters. The van der Waals surface area contributed by atoms with Gasteiger partial charge < -0.3 is 15.5 Å². The molecule has 0 aliphatic carbocycles. The van der Waals surface area contributed by atoms with Gasteiger partial charge >= 0.3 is 0 Å². The molecule has 1 amide bonds. The Morgan fingerprint density at radius 2 is 1.90 bits per heavy atom. The number of hydrogen-bond donors (Lipinski definition) is 3. The average Bonchev–Trinajstić information content (AvgIpc) is 2.49. The molecule has 20 heavy (non-hydrogen) atoms. The average molecular weight is 271 g/mol. The number of aliphatic hydroxyl groups excluding tert-OH is 1. The molecule has 0 aromatic heterocycles. The minimum absolute atomic E-state index is 0.0178. The quantitative estimate of drug-likeness (QED) is 0.749. The summed E-state index contributed by atoms with van der Waals surface area (Å²) >= 11 is 0. The number of phenols is 1. The number of carbonyl (C=O) groups excluding carboxylic acids is 1. The Bertz CT molecular complexity index is 596. The normalized spacial score (nSPS) is 11.9. The molecule has 104 valence electrons. The second-order valence-corrected chi connectivity index (χ2v) is 4.51. The molecular formula is C16H17NO3. The van der Waals surface area contributed by atoms with Crippen LogP contribution in [0.5, 0.6) is 5.75 Å². The van der Waals surface area contributed by atoms with Crippen LogP contribution in [0, 0.1) is 0 Å². The SMILES string of the molecule is CCc1ccc(O)c(NC(=O)C(O)c2ccccc2)c1. The molecule has 4 nitrogen and oxygen atoms in total. The van der Waals surface area contributed by atoms with E-state index in [1.54, 1.807) is 36.4 Å². The Kier molecular flexibility index (Phi) is 4.38. The van der Waals surface area contributed by atoms with Crippen LogP contribution in [0.1, 0.15) is 24.2 Å². The number of anilines is 1. The van der Waals surface area contributed by atoms with Gasteiger partial charge in [-0.15, -0.1) is 0 Å². The molecule has 2 rings (SSSR count). The van der Waals surface area contributed by atoms with Crippen LogP contribution in [0.25, 0.3) is 0 Å². The Balaban J connectivity index is 2.15. The summed E-state index contributed by atoms with van der Waals surface area (Å²) in [5, 5.41) is 22.3. The van der Waals surface area contributed by atoms with Crippen molar-refractivity contribution in [3.8, 4) is 5.75 Å². The molecule has 2 aromatic carbocycles. The van der Waals surface area contributed by atoms with Crippen LogP contribution < -0.4 is 5.32 Å². The third-order valence-electron chi connectivity index (χ3n) is 3.09. The molecule has 4 heteroatoms. The standard InChI is InChI=1S/C16H17NO3/c1-2-11-8-9-14(18)13(10-11)17-16(20)15(19)12-6-4-3-5-7-12/h3-10,15,18-19H,2H2,1H3,(H,17,20). The lowest BCUT2D eigenvalue weighted by molar-refractivity contribution is -0.124. The number of amides is 1. The number of aromatic hydroxyl groups is 1. The van der Waals surface area contributed by atoms with Crippen LogP contribution in [0.15, 0.2) is 48.5 Å². The van der Waals surface area contributed by atoms with Gasteiger partial charge in [0.05, 0.1) is 5.69 Å². The Hall–Kier alpha value is -2.33. The van der Waals surface area contributed by atoms with Crippen molar-refractivity contribution < 1.29 is 15.0 Å². The van der Waals surface area contributed by atoms with Gasteiger partial charge in [-0.2, -0.15) is 0 Å². The molecule has 0 aliphatic rings. The maximum absolute atomic E-state index is 12.0. The first-order valence-corrected chi connectivity index (χ1v) is 6.47. The predicted molar refractivity (Wildman–Crippen MR) is 77.5 cm³/mol. The lowest BCUT2D eigenvalue weighted by Crippen LogP contribution is -2.20. The molecule has 0 saturated heterocycles. The van der Waals surface area contributed by atoms with Gasteiger partial charge in [-0.1, -0.05) is 43.3 Å². The van der Waals surface area contributed by atoms with E-state index in [4.69, 9.17) is 0 Å². The van der Waals surface area contributed by atoms with Crippen molar-refractivity contribution in [2.24, 2.45) is 0 Å². The fourth-order valence-electron chi connectivity index (χ4n) is 1.89. The number of nitrogens with one attached hydrogen (secondary N) is 1. The summed E-state index contributed by atoms with van der Waals surface area (Å²) < 4.78 is 0. The molecule has 1 atom stereocenters. The highest BCUT2D eigenvalue weighted by molar-refractivity contribution is 5.95. The van der Waals surface area contributed by atoms with Crippen LogP contribution >= 0.6 is 0 Å². The lowest BCUT2D eigenvalue weighted by atomic mass is 10.1. The molecule has 0 heterocycles. The summed E-state index contributed by atoms with van der Waals surface area (Å²) in [7, 11) is 0. The Labute approximate surface area is 117 Å². The van der Waals surface area contributed by atoms with E-state index in [0.29, 0.717) is 11.3 Å². The van der Waals surface area contributed by atoms with Crippen molar-refractivity contribution in [3.05, 3.63) is 59.7 Å². The van der Waals surface area contributed by atoms with Gasteiger partial charge in [0.25, 0.3) is 5.91 Å². The number of carbonyl (C=O) groups is 1. The highest BCUT2D eigenvalue weighted by Crippen LogP contribution is 2.26. The van der Waals surface area contributed by atoms with Gasteiger partial charge in [0.2, 0.25) is 0 Å². The van der Waals surface area contributed by atoms with Gasteiger partial charge in [0.15, 0.2) is 6.10 Å². The van der Waals surface area contributed by atoms with E-state index < -0.39 is 12.0 Å². The van der Waals surface area contributed by atoms with E-state index in [9.17, 15) is 15.0 Å². The third kappa shape index (κ3) is 3.16. The van der Waals surface area contributed by atoms with E-state index in [2.05, 4.69) is 5.32 Å². The number of hydrogen-bond acceptors (Lipinski definition) is 3. The number of phenolic OH excluding ortho intramolecular Hbond substituents is 1. The smallest absolute Gasteiger partial charge is 0.257 e. The van der Waals surface area contributed by atoms with Crippen LogP contribution in [-0.4, -0.2) is 16.1 Å². The molecule has 0 spiro atoms. The number of rotatable bonds is 4. The zero-order valence-electron chi connectivity index (χ0n) is 11.2. The van der Waals surface area contributed by atoms with Gasteiger partial charge in [0, 0.05) is 0 Å². The van der Waals surface area contributed by atoms with E-state index in [-0.39, 0.29) is 5.75 Å². The number of benzene rings is 2. The van der Waals surface area contributed by atoms with Gasteiger partial charge in [-0.3, -0.25) is 4.79 Å². The van der Waals surface area contributed by atoms with Gasteiger partial charge in [-0.05, 0) is 29.7 Å².